The first-order valence-corrected chi connectivity index (χ1v) is 10.1. The first kappa shape index (κ1) is 14.1. The minimum absolute atomic E-state index is 0.133. The second kappa shape index (κ2) is 5.35. The lowest BCUT2D eigenvalue weighted by Gasteiger charge is -2.30. The van der Waals surface area contributed by atoms with Gasteiger partial charge in [0.05, 0.1) is 20.9 Å². The fraction of sp³-hybridized carbons (Fsp3) is 0.375. The van der Waals surface area contributed by atoms with Crippen LogP contribution < -0.4 is 4.74 Å². The van der Waals surface area contributed by atoms with Crippen molar-refractivity contribution in [3.63, 3.8) is 0 Å². The van der Waals surface area contributed by atoms with Crippen molar-refractivity contribution in [3.05, 3.63) is 42.0 Å². The molecule has 0 aliphatic heterocycles. The van der Waals surface area contributed by atoms with Gasteiger partial charge in [0.15, 0.2) is 0 Å². The molecule has 19 heavy (non-hydrogen) atoms. The number of fused-ring (bicyclic) bond motifs is 1. The van der Waals surface area contributed by atoms with Gasteiger partial charge >= 0.3 is 0 Å². The minimum atomic E-state index is -1.49. The van der Waals surface area contributed by atoms with Crippen LogP contribution in [-0.4, -0.2) is 22.3 Å². The standard InChI is InChI=1S/C16H22O2Si/c1-17-14-11-10-12-8-6-7-9-13(12)15(14)16(18-2)19(3,4)5/h6-11,16H,1-5H3. The summed E-state index contributed by atoms with van der Waals surface area (Å²) in [5, 5.41) is 2.47. The van der Waals surface area contributed by atoms with Gasteiger partial charge in [-0.2, -0.15) is 0 Å². The molecule has 0 heterocycles. The molecule has 102 valence electrons. The summed E-state index contributed by atoms with van der Waals surface area (Å²) in [4.78, 5) is 0. The highest BCUT2D eigenvalue weighted by Gasteiger charge is 2.31. The average Bonchev–Trinajstić information content (AvgIpc) is 2.38. The Hall–Kier alpha value is -1.32. The minimum Gasteiger partial charge on any atom is -0.496 e. The molecule has 0 saturated heterocycles. The predicted octanol–water partition coefficient (Wildman–Crippen LogP) is 4.41. The summed E-state index contributed by atoms with van der Waals surface area (Å²) in [6.07, 6.45) is 0. The lowest BCUT2D eigenvalue weighted by Crippen LogP contribution is -2.32. The summed E-state index contributed by atoms with van der Waals surface area (Å²) >= 11 is 0. The third kappa shape index (κ3) is 2.67. The van der Waals surface area contributed by atoms with E-state index in [1.165, 1.54) is 16.3 Å². The van der Waals surface area contributed by atoms with Crippen molar-refractivity contribution >= 4 is 18.8 Å². The van der Waals surface area contributed by atoms with Crippen LogP contribution in [0.1, 0.15) is 11.3 Å². The predicted molar refractivity (Wildman–Crippen MR) is 83.6 cm³/mol. The molecular weight excluding hydrogens is 252 g/mol. The molecule has 2 rings (SSSR count). The maximum absolute atomic E-state index is 5.83. The topological polar surface area (TPSA) is 18.5 Å². The molecule has 1 unspecified atom stereocenters. The van der Waals surface area contributed by atoms with Crippen molar-refractivity contribution in [1.82, 2.24) is 0 Å². The zero-order valence-electron chi connectivity index (χ0n) is 12.4. The fourth-order valence-electron chi connectivity index (χ4n) is 2.63. The molecule has 2 aromatic rings. The summed E-state index contributed by atoms with van der Waals surface area (Å²) in [6, 6.07) is 12.6. The monoisotopic (exact) mass is 274 g/mol. The Morgan fingerprint density at radius 2 is 1.63 bits per heavy atom. The maximum atomic E-state index is 5.83. The zero-order chi connectivity index (χ0) is 14.0. The molecule has 0 bridgehead atoms. The van der Waals surface area contributed by atoms with Gasteiger partial charge in [0, 0.05) is 12.7 Å². The highest BCUT2D eigenvalue weighted by atomic mass is 28.3. The second-order valence-corrected chi connectivity index (χ2v) is 11.1. The summed E-state index contributed by atoms with van der Waals surface area (Å²) in [7, 11) is 2.03. The quantitative estimate of drug-likeness (QED) is 0.769. The molecule has 2 nitrogen and oxygen atoms in total. The van der Waals surface area contributed by atoms with Gasteiger partial charge < -0.3 is 9.47 Å². The molecule has 0 aromatic heterocycles. The molecule has 0 aliphatic carbocycles. The molecule has 1 atom stereocenters. The zero-order valence-corrected chi connectivity index (χ0v) is 13.4. The van der Waals surface area contributed by atoms with E-state index >= 15 is 0 Å². The van der Waals surface area contributed by atoms with Gasteiger partial charge in [0.25, 0.3) is 0 Å². The van der Waals surface area contributed by atoms with Crippen LogP contribution in [0.5, 0.6) is 5.75 Å². The Kier molecular flexibility index (Phi) is 3.97. The molecule has 0 aliphatic rings. The first-order chi connectivity index (χ1) is 8.99. The molecular formula is C16H22O2Si. The number of hydrogen-bond acceptors (Lipinski definition) is 2. The van der Waals surface area contributed by atoms with Crippen LogP contribution >= 0.6 is 0 Å². The lowest BCUT2D eigenvalue weighted by atomic mass is 10.0. The van der Waals surface area contributed by atoms with Crippen LogP contribution in [0, 0.1) is 0 Å². The molecule has 0 spiro atoms. The second-order valence-electron chi connectivity index (χ2n) is 5.88. The largest absolute Gasteiger partial charge is 0.496 e. The third-order valence-corrected chi connectivity index (χ3v) is 5.53. The number of benzene rings is 2. The van der Waals surface area contributed by atoms with E-state index in [2.05, 4.69) is 50.0 Å². The lowest BCUT2D eigenvalue weighted by molar-refractivity contribution is 0.158. The van der Waals surface area contributed by atoms with Gasteiger partial charge in [0.2, 0.25) is 0 Å². The van der Waals surface area contributed by atoms with Gasteiger partial charge in [-0.3, -0.25) is 0 Å². The van der Waals surface area contributed by atoms with E-state index in [1.54, 1.807) is 14.2 Å². The molecule has 0 radical (unpaired) electrons. The van der Waals surface area contributed by atoms with Crippen molar-refractivity contribution in [1.29, 1.82) is 0 Å². The SMILES string of the molecule is COc1ccc2ccccc2c1C(OC)[Si](C)(C)C. The summed E-state index contributed by atoms with van der Waals surface area (Å²) in [5.74, 6) is 0.924. The number of methoxy groups -OCH3 is 2. The van der Waals surface area contributed by atoms with Crippen LogP contribution in [-0.2, 0) is 4.74 Å². The average molecular weight is 274 g/mol. The summed E-state index contributed by atoms with van der Waals surface area (Å²) < 4.78 is 11.4. The molecule has 0 fully saturated rings. The van der Waals surface area contributed by atoms with E-state index < -0.39 is 8.07 Å². The highest BCUT2D eigenvalue weighted by molar-refractivity contribution is 6.77. The van der Waals surface area contributed by atoms with E-state index in [0.29, 0.717) is 0 Å². The molecule has 0 saturated carbocycles. The summed E-state index contributed by atoms with van der Waals surface area (Å²) in [5.41, 5.74) is 1.33. The van der Waals surface area contributed by atoms with Crippen molar-refractivity contribution in [3.8, 4) is 5.75 Å². The fourth-order valence-corrected chi connectivity index (χ4v) is 4.50. The Labute approximate surface area is 116 Å². The van der Waals surface area contributed by atoms with E-state index in [4.69, 9.17) is 9.47 Å². The first-order valence-electron chi connectivity index (χ1n) is 6.57. The maximum Gasteiger partial charge on any atom is 0.124 e. The Morgan fingerprint density at radius 1 is 0.947 bits per heavy atom. The molecule has 2 aromatic carbocycles. The summed E-state index contributed by atoms with van der Waals surface area (Å²) in [6.45, 7) is 6.97. The smallest absolute Gasteiger partial charge is 0.124 e. The van der Waals surface area contributed by atoms with Crippen molar-refractivity contribution < 1.29 is 9.47 Å². The molecule has 3 heteroatoms. The Balaban J connectivity index is 2.74. The van der Waals surface area contributed by atoms with Crippen molar-refractivity contribution in [2.75, 3.05) is 14.2 Å². The van der Waals surface area contributed by atoms with Crippen LogP contribution in [0.25, 0.3) is 10.8 Å². The normalized spacial score (nSPS) is 13.5. The van der Waals surface area contributed by atoms with Gasteiger partial charge in [0.1, 0.15) is 5.75 Å². The van der Waals surface area contributed by atoms with E-state index in [-0.39, 0.29) is 5.73 Å². The molecule has 0 amide bonds. The van der Waals surface area contributed by atoms with Crippen LogP contribution in [0.3, 0.4) is 0 Å². The number of rotatable bonds is 4. The molecule has 0 N–H and O–H groups in total. The van der Waals surface area contributed by atoms with Gasteiger partial charge in [-0.15, -0.1) is 0 Å². The number of ether oxygens (including phenoxy) is 2. The van der Waals surface area contributed by atoms with Crippen molar-refractivity contribution in [2.24, 2.45) is 0 Å². The highest BCUT2D eigenvalue weighted by Crippen LogP contribution is 2.39. The third-order valence-electron chi connectivity index (χ3n) is 3.44. The van der Waals surface area contributed by atoms with Crippen LogP contribution in [0.4, 0.5) is 0 Å². The van der Waals surface area contributed by atoms with E-state index in [0.717, 1.165) is 5.75 Å². The van der Waals surface area contributed by atoms with Crippen LogP contribution in [0.15, 0.2) is 36.4 Å². The van der Waals surface area contributed by atoms with Crippen molar-refractivity contribution in [2.45, 2.75) is 25.4 Å². The number of hydrogen-bond donors (Lipinski definition) is 0. The Bertz CT molecular complexity index is 572. The Morgan fingerprint density at radius 3 is 2.21 bits per heavy atom. The van der Waals surface area contributed by atoms with Gasteiger partial charge in [-0.1, -0.05) is 50.0 Å². The van der Waals surface area contributed by atoms with Gasteiger partial charge in [-0.25, -0.2) is 0 Å². The van der Waals surface area contributed by atoms with E-state index in [1.807, 2.05) is 6.07 Å². The van der Waals surface area contributed by atoms with E-state index in [9.17, 15) is 0 Å². The van der Waals surface area contributed by atoms with Crippen LogP contribution in [0.2, 0.25) is 19.6 Å². The van der Waals surface area contributed by atoms with Gasteiger partial charge in [-0.05, 0) is 16.8 Å².